The number of unbranched alkanes of at least 4 members (excludes halogenated alkanes) is 41. The molecule has 0 rings (SSSR count). The van der Waals surface area contributed by atoms with Gasteiger partial charge >= 0.3 is 17.9 Å². The molecule has 464 valence electrons. The largest absolute Gasteiger partial charge is 0.462 e. The fraction of sp³-hybridized carbons (Fsp3) is 0.797. The van der Waals surface area contributed by atoms with E-state index in [4.69, 9.17) is 14.2 Å². The van der Waals surface area contributed by atoms with E-state index in [0.717, 1.165) is 96.3 Å². The second-order valence-corrected chi connectivity index (χ2v) is 23.4. The highest BCUT2D eigenvalue weighted by molar-refractivity contribution is 5.71. The van der Waals surface area contributed by atoms with Crippen molar-refractivity contribution in [3.8, 4) is 0 Å². The minimum Gasteiger partial charge on any atom is -0.462 e. The van der Waals surface area contributed by atoms with E-state index in [2.05, 4.69) is 93.7 Å². The van der Waals surface area contributed by atoms with Crippen LogP contribution in [-0.4, -0.2) is 37.2 Å². The van der Waals surface area contributed by atoms with Gasteiger partial charge in [-0.25, -0.2) is 0 Å². The summed E-state index contributed by atoms with van der Waals surface area (Å²) in [6, 6.07) is 0. The Bertz CT molecular complexity index is 1470. The van der Waals surface area contributed by atoms with E-state index in [9.17, 15) is 14.4 Å². The van der Waals surface area contributed by atoms with Crippen molar-refractivity contribution in [1.82, 2.24) is 0 Å². The number of rotatable bonds is 64. The maximum Gasteiger partial charge on any atom is 0.306 e. The van der Waals surface area contributed by atoms with E-state index in [-0.39, 0.29) is 31.1 Å². The third-order valence-corrected chi connectivity index (χ3v) is 15.4. The zero-order valence-electron chi connectivity index (χ0n) is 53.3. The van der Waals surface area contributed by atoms with Crippen molar-refractivity contribution < 1.29 is 28.6 Å². The quantitative estimate of drug-likeness (QED) is 0.0261. The Hall–Kier alpha value is -3.15. The number of hydrogen-bond donors (Lipinski definition) is 0. The molecule has 1 atom stereocenters. The molecule has 80 heavy (non-hydrogen) atoms. The number of hydrogen-bond acceptors (Lipinski definition) is 6. The van der Waals surface area contributed by atoms with Crippen LogP contribution in [0.4, 0.5) is 0 Å². The smallest absolute Gasteiger partial charge is 0.306 e. The van der Waals surface area contributed by atoms with Crippen molar-refractivity contribution in [2.45, 2.75) is 367 Å². The van der Waals surface area contributed by atoms with E-state index >= 15 is 0 Å². The van der Waals surface area contributed by atoms with Gasteiger partial charge in [-0.1, -0.05) is 325 Å². The van der Waals surface area contributed by atoms with E-state index in [1.807, 2.05) is 0 Å². The molecule has 0 heterocycles. The first-order valence-corrected chi connectivity index (χ1v) is 34.9. The van der Waals surface area contributed by atoms with E-state index in [1.165, 1.54) is 225 Å². The zero-order valence-corrected chi connectivity index (χ0v) is 53.3. The molecule has 0 spiro atoms. The molecule has 0 saturated carbocycles. The molecular formula is C74H132O6. The van der Waals surface area contributed by atoms with Gasteiger partial charge in [0.25, 0.3) is 0 Å². The number of carbonyl (C=O) groups excluding carboxylic acids is 3. The third-order valence-electron chi connectivity index (χ3n) is 15.4. The van der Waals surface area contributed by atoms with Crippen LogP contribution >= 0.6 is 0 Å². The molecule has 0 aliphatic carbocycles. The molecule has 0 aromatic carbocycles. The fourth-order valence-corrected chi connectivity index (χ4v) is 10.2. The Morgan fingerprint density at radius 2 is 0.487 bits per heavy atom. The lowest BCUT2D eigenvalue weighted by Gasteiger charge is -2.18. The van der Waals surface area contributed by atoms with Crippen LogP contribution in [-0.2, 0) is 28.6 Å². The van der Waals surface area contributed by atoms with Gasteiger partial charge in [0, 0.05) is 19.3 Å². The maximum absolute atomic E-state index is 12.9. The molecular weight excluding hydrogens is 985 g/mol. The van der Waals surface area contributed by atoms with E-state index in [1.54, 1.807) is 0 Å². The summed E-state index contributed by atoms with van der Waals surface area (Å²) >= 11 is 0. The number of esters is 3. The highest BCUT2D eigenvalue weighted by atomic mass is 16.6. The van der Waals surface area contributed by atoms with Gasteiger partial charge in [-0.05, 0) is 89.9 Å². The lowest BCUT2D eigenvalue weighted by atomic mass is 10.0. The van der Waals surface area contributed by atoms with Crippen LogP contribution in [0.15, 0.2) is 72.9 Å². The molecule has 0 bridgehead atoms. The van der Waals surface area contributed by atoms with Crippen LogP contribution in [0.3, 0.4) is 0 Å². The summed E-state index contributed by atoms with van der Waals surface area (Å²) in [5, 5.41) is 0. The molecule has 0 N–H and O–H groups in total. The van der Waals surface area contributed by atoms with Crippen LogP contribution in [0.5, 0.6) is 0 Å². The summed E-state index contributed by atoms with van der Waals surface area (Å²) in [7, 11) is 0. The van der Waals surface area contributed by atoms with Gasteiger partial charge in [0.05, 0.1) is 0 Å². The van der Waals surface area contributed by atoms with E-state index in [0.29, 0.717) is 19.3 Å². The Morgan fingerprint density at radius 1 is 0.263 bits per heavy atom. The van der Waals surface area contributed by atoms with Crippen LogP contribution in [0.1, 0.15) is 361 Å². The molecule has 6 nitrogen and oxygen atoms in total. The zero-order chi connectivity index (χ0) is 57.8. The summed E-state index contributed by atoms with van der Waals surface area (Å²) in [5.74, 6) is -0.864. The van der Waals surface area contributed by atoms with Crippen molar-refractivity contribution in [2.24, 2.45) is 0 Å². The topological polar surface area (TPSA) is 78.9 Å². The SMILES string of the molecule is CC/C=C\C/C=C\C/C=C\CCCCCCCCCC(=O)OC(COC(=O)CCCCCCCCCCCCCCCC)COC(=O)CCCCCCCCCCCCCCCCCC/C=C\C/C=C\C/C=C\CCCCCCC. The Morgan fingerprint density at radius 3 is 0.762 bits per heavy atom. The molecule has 1 unspecified atom stereocenters. The van der Waals surface area contributed by atoms with Crippen molar-refractivity contribution >= 4 is 17.9 Å². The normalized spacial score (nSPS) is 12.5. The second kappa shape index (κ2) is 68.3. The monoisotopic (exact) mass is 1120 g/mol. The molecule has 0 aromatic rings. The lowest BCUT2D eigenvalue weighted by Crippen LogP contribution is -2.30. The predicted molar refractivity (Wildman–Crippen MR) is 348 cm³/mol. The lowest BCUT2D eigenvalue weighted by molar-refractivity contribution is -0.167. The van der Waals surface area contributed by atoms with Crippen molar-refractivity contribution in [3.63, 3.8) is 0 Å². The fourth-order valence-electron chi connectivity index (χ4n) is 10.2. The average molecular weight is 1120 g/mol. The molecule has 0 amide bonds. The summed E-state index contributed by atoms with van der Waals surface area (Å²) in [5.41, 5.74) is 0. The van der Waals surface area contributed by atoms with Crippen molar-refractivity contribution in [2.75, 3.05) is 13.2 Å². The summed E-state index contributed by atoms with van der Waals surface area (Å²) in [4.78, 5) is 38.4. The number of carbonyl (C=O) groups is 3. The first kappa shape index (κ1) is 76.9. The van der Waals surface area contributed by atoms with Gasteiger partial charge in [-0.2, -0.15) is 0 Å². The Balaban J connectivity index is 4.20. The molecule has 0 saturated heterocycles. The van der Waals surface area contributed by atoms with Gasteiger partial charge in [-0.15, -0.1) is 0 Å². The van der Waals surface area contributed by atoms with Crippen LogP contribution in [0.2, 0.25) is 0 Å². The van der Waals surface area contributed by atoms with Crippen LogP contribution < -0.4 is 0 Å². The van der Waals surface area contributed by atoms with Gasteiger partial charge in [-0.3, -0.25) is 14.4 Å². The molecule has 0 radical (unpaired) electrons. The third kappa shape index (κ3) is 65.7. The van der Waals surface area contributed by atoms with Crippen LogP contribution in [0, 0.1) is 0 Å². The molecule has 6 heteroatoms. The summed E-state index contributed by atoms with van der Waals surface area (Å²) in [6.07, 6.45) is 89.3. The number of allylic oxidation sites excluding steroid dienone is 12. The van der Waals surface area contributed by atoms with Gasteiger partial charge < -0.3 is 14.2 Å². The molecule has 0 fully saturated rings. The number of ether oxygens (including phenoxy) is 3. The first-order chi connectivity index (χ1) is 39.5. The van der Waals surface area contributed by atoms with Gasteiger partial charge in [0.2, 0.25) is 0 Å². The second-order valence-electron chi connectivity index (χ2n) is 23.4. The molecule has 0 aliphatic rings. The Kier molecular flexibility index (Phi) is 65.7. The first-order valence-electron chi connectivity index (χ1n) is 34.9. The maximum atomic E-state index is 12.9. The highest BCUT2D eigenvalue weighted by Gasteiger charge is 2.19. The minimum absolute atomic E-state index is 0.0749. The minimum atomic E-state index is -0.779. The van der Waals surface area contributed by atoms with Gasteiger partial charge in [0.1, 0.15) is 13.2 Å². The summed E-state index contributed by atoms with van der Waals surface area (Å²) < 4.78 is 17.0. The molecule has 0 aromatic heterocycles. The van der Waals surface area contributed by atoms with Crippen LogP contribution in [0.25, 0.3) is 0 Å². The average Bonchev–Trinajstić information content (AvgIpc) is 3.46. The highest BCUT2D eigenvalue weighted by Crippen LogP contribution is 2.18. The van der Waals surface area contributed by atoms with Crippen molar-refractivity contribution in [3.05, 3.63) is 72.9 Å². The standard InChI is InChI=1S/C74H132O6/c1-4-7-10-13-16-19-22-25-28-30-31-32-33-34-35-36-37-38-39-40-41-42-43-45-46-49-52-55-58-61-64-67-73(76)79-70-71(69-78-72(75)66-63-60-57-54-51-48-27-24-21-18-15-12-9-6-3)80-74(77)68-65-62-59-56-53-50-47-44-29-26-23-20-17-14-11-8-5-2/h8,11,17,20,22,25-26,29-31,33-34,71H,4-7,9-10,12-16,18-19,21,23-24,27-28,32,35-70H2,1-3H3/b11-8-,20-17-,25-22-,29-26-,31-30-,34-33-. The summed E-state index contributed by atoms with van der Waals surface area (Å²) in [6.45, 7) is 6.56. The molecule has 0 aliphatic heterocycles. The van der Waals surface area contributed by atoms with Gasteiger partial charge in [0.15, 0.2) is 6.10 Å². The Labute approximate surface area is 497 Å². The predicted octanol–water partition coefficient (Wildman–Crippen LogP) is 24.1. The van der Waals surface area contributed by atoms with Crippen molar-refractivity contribution in [1.29, 1.82) is 0 Å². The van der Waals surface area contributed by atoms with E-state index < -0.39 is 6.10 Å².